The van der Waals surface area contributed by atoms with Gasteiger partial charge in [0.1, 0.15) is 12.1 Å². The minimum atomic E-state index is -1.39. The standard InChI is InChI=1S/C18H18N4O5S/c1-18(12-5-7-13(8-6-12)22(26)27)16(24)21(17(25)19-18)11-15(23)20(2)10-14-4-3-9-28-14/h3-9H,10-11H2,1-2H3,(H,19,25)/t18-/m0/s1. The Labute approximate surface area is 164 Å². The quantitative estimate of drug-likeness (QED) is 0.452. The van der Waals surface area contributed by atoms with Gasteiger partial charge in [-0.05, 0) is 36.1 Å². The Kier molecular flexibility index (Phi) is 5.14. The molecule has 2 heterocycles. The van der Waals surface area contributed by atoms with Crippen molar-refractivity contribution in [3.8, 4) is 0 Å². The van der Waals surface area contributed by atoms with Crippen LogP contribution in [0.5, 0.6) is 0 Å². The average Bonchev–Trinajstić information content (AvgIpc) is 3.24. The number of non-ortho nitro benzene ring substituents is 1. The van der Waals surface area contributed by atoms with Gasteiger partial charge in [-0.15, -0.1) is 11.3 Å². The number of urea groups is 1. The van der Waals surface area contributed by atoms with Gasteiger partial charge in [-0.1, -0.05) is 6.07 Å². The molecule has 28 heavy (non-hydrogen) atoms. The molecule has 0 aliphatic carbocycles. The van der Waals surface area contributed by atoms with Gasteiger partial charge in [0.15, 0.2) is 0 Å². The third kappa shape index (κ3) is 3.58. The number of hydrogen-bond donors (Lipinski definition) is 1. The summed E-state index contributed by atoms with van der Waals surface area (Å²) in [6, 6.07) is 8.48. The van der Waals surface area contributed by atoms with E-state index >= 15 is 0 Å². The van der Waals surface area contributed by atoms with Crippen molar-refractivity contribution in [1.82, 2.24) is 15.1 Å². The second-order valence-corrected chi connectivity index (χ2v) is 7.61. The highest BCUT2D eigenvalue weighted by molar-refractivity contribution is 7.09. The number of nitrogens with one attached hydrogen (secondary N) is 1. The van der Waals surface area contributed by atoms with Crippen LogP contribution in [0.2, 0.25) is 0 Å². The molecule has 4 amide bonds. The van der Waals surface area contributed by atoms with Gasteiger partial charge in [0.25, 0.3) is 11.6 Å². The van der Waals surface area contributed by atoms with Crippen LogP contribution in [0.15, 0.2) is 41.8 Å². The molecule has 2 aromatic rings. The number of nitrogens with zero attached hydrogens (tertiary/aromatic N) is 3. The summed E-state index contributed by atoms with van der Waals surface area (Å²) in [5, 5.41) is 15.3. The first-order chi connectivity index (χ1) is 13.2. The van der Waals surface area contributed by atoms with E-state index in [1.165, 1.54) is 47.4 Å². The fourth-order valence-electron chi connectivity index (χ4n) is 2.93. The molecular weight excluding hydrogens is 384 g/mol. The fraction of sp³-hybridized carbons (Fsp3) is 0.278. The van der Waals surface area contributed by atoms with Crippen molar-refractivity contribution in [2.24, 2.45) is 0 Å². The Hall–Kier alpha value is -3.27. The van der Waals surface area contributed by atoms with E-state index < -0.39 is 22.4 Å². The highest BCUT2D eigenvalue weighted by atomic mass is 32.1. The molecule has 0 radical (unpaired) electrons. The predicted octanol–water partition coefficient (Wildman–Crippen LogP) is 2.08. The first-order valence-corrected chi connectivity index (χ1v) is 9.25. The average molecular weight is 402 g/mol. The summed E-state index contributed by atoms with van der Waals surface area (Å²) < 4.78 is 0. The van der Waals surface area contributed by atoms with Gasteiger partial charge in [-0.2, -0.15) is 0 Å². The van der Waals surface area contributed by atoms with Gasteiger partial charge in [0, 0.05) is 24.1 Å². The number of carbonyl (C=O) groups is 3. The van der Waals surface area contributed by atoms with Crippen molar-refractivity contribution in [1.29, 1.82) is 0 Å². The maximum absolute atomic E-state index is 12.9. The molecular formula is C18H18N4O5S. The summed E-state index contributed by atoms with van der Waals surface area (Å²) >= 11 is 1.51. The van der Waals surface area contributed by atoms with Crippen molar-refractivity contribution < 1.29 is 19.3 Å². The van der Waals surface area contributed by atoms with E-state index in [1.54, 1.807) is 7.05 Å². The minimum absolute atomic E-state index is 0.119. The number of nitro benzene ring substituents is 1. The van der Waals surface area contributed by atoms with E-state index in [9.17, 15) is 24.5 Å². The smallest absolute Gasteiger partial charge is 0.325 e. The molecule has 1 aromatic heterocycles. The van der Waals surface area contributed by atoms with Crippen LogP contribution in [0.4, 0.5) is 10.5 Å². The summed E-state index contributed by atoms with van der Waals surface area (Å²) in [6.45, 7) is 1.52. The second kappa shape index (κ2) is 7.39. The molecule has 1 aliphatic rings. The highest BCUT2D eigenvalue weighted by Crippen LogP contribution is 2.30. The van der Waals surface area contributed by atoms with E-state index in [1.807, 2.05) is 17.5 Å². The second-order valence-electron chi connectivity index (χ2n) is 6.58. The predicted molar refractivity (Wildman–Crippen MR) is 101 cm³/mol. The van der Waals surface area contributed by atoms with Crippen LogP contribution in [0.25, 0.3) is 0 Å². The normalized spacial score (nSPS) is 18.9. The number of likely N-dealkylation sites (N-methyl/N-ethyl adjacent to an activating group) is 1. The Bertz CT molecular complexity index is 928. The Morgan fingerprint density at radius 1 is 1.29 bits per heavy atom. The SMILES string of the molecule is CN(Cc1cccs1)C(=O)CN1C(=O)N[C@@](C)(c2ccc([N+](=O)[O-])cc2)C1=O. The molecule has 1 saturated heterocycles. The number of benzene rings is 1. The van der Waals surface area contributed by atoms with Gasteiger partial charge < -0.3 is 10.2 Å². The number of hydrogen-bond acceptors (Lipinski definition) is 6. The summed E-state index contributed by atoms with van der Waals surface area (Å²) in [5.74, 6) is -0.950. The third-order valence-electron chi connectivity index (χ3n) is 4.62. The van der Waals surface area contributed by atoms with E-state index in [4.69, 9.17) is 0 Å². The van der Waals surface area contributed by atoms with Crippen molar-refractivity contribution in [2.75, 3.05) is 13.6 Å². The number of carbonyl (C=O) groups excluding carboxylic acids is 3. The van der Waals surface area contributed by atoms with Crippen LogP contribution in [-0.4, -0.2) is 46.2 Å². The summed E-state index contributed by atoms with van der Waals surface area (Å²) in [6.07, 6.45) is 0. The highest BCUT2D eigenvalue weighted by Gasteiger charge is 2.49. The molecule has 1 aliphatic heterocycles. The van der Waals surface area contributed by atoms with Crippen LogP contribution in [0, 0.1) is 10.1 Å². The molecule has 1 aromatic carbocycles. The molecule has 0 saturated carbocycles. The molecule has 0 spiro atoms. The number of rotatable bonds is 6. The van der Waals surface area contributed by atoms with Crippen LogP contribution in [0.1, 0.15) is 17.4 Å². The van der Waals surface area contributed by atoms with E-state index in [0.717, 1.165) is 9.78 Å². The van der Waals surface area contributed by atoms with Crippen LogP contribution in [-0.2, 0) is 21.7 Å². The van der Waals surface area contributed by atoms with E-state index in [2.05, 4.69) is 5.32 Å². The topological polar surface area (TPSA) is 113 Å². The minimum Gasteiger partial charge on any atom is -0.339 e. The molecule has 1 fully saturated rings. The van der Waals surface area contributed by atoms with E-state index in [0.29, 0.717) is 12.1 Å². The van der Waals surface area contributed by atoms with Crippen molar-refractivity contribution >= 4 is 34.9 Å². The van der Waals surface area contributed by atoms with Gasteiger partial charge in [-0.3, -0.25) is 24.6 Å². The van der Waals surface area contributed by atoms with Crippen LogP contribution in [0.3, 0.4) is 0 Å². The maximum atomic E-state index is 12.9. The first-order valence-electron chi connectivity index (χ1n) is 8.38. The van der Waals surface area contributed by atoms with Crippen molar-refractivity contribution in [2.45, 2.75) is 19.0 Å². The van der Waals surface area contributed by atoms with E-state index in [-0.39, 0.29) is 18.1 Å². The molecule has 10 heteroatoms. The Morgan fingerprint density at radius 2 is 1.96 bits per heavy atom. The van der Waals surface area contributed by atoms with Crippen molar-refractivity contribution in [3.05, 3.63) is 62.3 Å². The number of thiophene rings is 1. The zero-order chi connectivity index (χ0) is 20.5. The molecule has 146 valence electrons. The lowest BCUT2D eigenvalue weighted by Crippen LogP contribution is -2.43. The van der Waals surface area contributed by atoms with Gasteiger partial charge in [0.2, 0.25) is 5.91 Å². The number of amides is 4. The summed E-state index contributed by atoms with van der Waals surface area (Å²) in [5.41, 5.74) is -1.11. The molecule has 0 unspecified atom stereocenters. The molecule has 1 N–H and O–H groups in total. The van der Waals surface area contributed by atoms with Crippen LogP contribution >= 0.6 is 11.3 Å². The number of imide groups is 1. The molecule has 0 bridgehead atoms. The van der Waals surface area contributed by atoms with Gasteiger partial charge >= 0.3 is 6.03 Å². The Morgan fingerprint density at radius 3 is 2.54 bits per heavy atom. The lowest BCUT2D eigenvalue weighted by atomic mass is 9.92. The Balaban J connectivity index is 1.73. The largest absolute Gasteiger partial charge is 0.339 e. The molecule has 3 rings (SSSR count). The molecule has 1 atom stereocenters. The monoisotopic (exact) mass is 402 g/mol. The lowest BCUT2D eigenvalue weighted by Gasteiger charge is -2.23. The zero-order valence-electron chi connectivity index (χ0n) is 15.2. The number of nitro groups is 1. The van der Waals surface area contributed by atoms with Crippen molar-refractivity contribution in [3.63, 3.8) is 0 Å². The fourth-order valence-corrected chi connectivity index (χ4v) is 3.69. The van der Waals surface area contributed by atoms with Gasteiger partial charge in [0.05, 0.1) is 11.5 Å². The summed E-state index contributed by atoms with van der Waals surface area (Å²) in [4.78, 5) is 51.2. The maximum Gasteiger partial charge on any atom is 0.325 e. The summed E-state index contributed by atoms with van der Waals surface area (Å²) in [7, 11) is 1.61. The first kappa shape index (κ1) is 19.5. The van der Waals surface area contributed by atoms with Gasteiger partial charge in [-0.25, -0.2) is 4.79 Å². The molecule has 9 nitrogen and oxygen atoms in total. The zero-order valence-corrected chi connectivity index (χ0v) is 16.1. The third-order valence-corrected chi connectivity index (χ3v) is 5.48. The van der Waals surface area contributed by atoms with Crippen LogP contribution < -0.4 is 5.32 Å². The lowest BCUT2D eigenvalue weighted by molar-refractivity contribution is -0.384.